The van der Waals surface area contributed by atoms with E-state index in [1.165, 1.54) is 0 Å². The van der Waals surface area contributed by atoms with Gasteiger partial charge in [0.2, 0.25) is 5.91 Å². The molecule has 1 saturated carbocycles. The van der Waals surface area contributed by atoms with Gasteiger partial charge in [0, 0.05) is 36.8 Å². The summed E-state index contributed by atoms with van der Waals surface area (Å²) < 4.78 is 53.0. The van der Waals surface area contributed by atoms with Crippen LogP contribution in [0, 0.1) is 5.92 Å². The van der Waals surface area contributed by atoms with Crippen LogP contribution in [-0.2, 0) is 15.7 Å². The Balaban J connectivity index is 1.45. The van der Waals surface area contributed by atoms with Gasteiger partial charge in [0.05, 0.1) is 18.3 Å². The maximum atomic E-state index is 13.4. The molecule has 0 aromatic carbocycles. The van der Waals surface area contributed by atoms with Crippen molar-refractivity contribution < 1.29 is 27.4 Å². The van der Waals surface area contributed by atoms with Crippen LogP contribution in [0.2, 0.25) is 0 Å². The van der Waals surface area contributed by atoms with Crippen molar-refractivity contribution in [2.45, 2.75) is 25.1 Å². The molecule has 0 spiro atoms. The number of rotatable bonds is 6. The normalized spacial score (nSPS) is 18.9. The van der Waals surface area contributed by atoms with Crippen LogP contribution in [0.4, 0.5) is 19.0 Å². The highest BCUT2D eigenvalue weighted by Gasteiger charge is 2.33. The van der Waals surface area contributed by atoms with Crippen molar-refractivity contribution in [2.75, 3.05) is 31.6 Å². The van der Waals surface area contributed by atoms with Gasteiger partial charge in [0.15, 0.2) is 5.82 Å². The predicted octanol–water partition coefficient (Wildman–Crippen LogP) is 3.13. The molecule has 3 aromatic heterocycles. The van der Waals surface area contributed by atoms with Crippen LogP contribution < -0.4 is 15.4 Å². The number of hydrogen-bond donors (Lipinski definition) is 2. The van der Waals surface area contributed by atoms with Crippen LogP contribution in [0.1, 0.15) is 18.5 Å². The van der Waals surface area contributed by atoms with Gasteiger partial charge in [-0.05, 0) is 36.6 Å². The molecule has 4 heterocycles. The van der Waals surface area contributed by atoms with E-state index in [0.29, 0.717) is 30.0 Å². The van der Waals surface area contributed by atoms with Crippen molar-refractivity contribution in [1.82, 2.24) is 19.9 Å². The van der Waals surface area contributed by atoms with Gasteiger partial charge < -0.3 is 20.1 Å². The van der Waals surface area contributed by atoms with Crippen LogP contribution in [0.25, 0.3) is 16.6 Å². The van der Waals surface area contributed by atoms with Crippen molar-refractivity contribution in [3.8, 4) is 16.9 Å². The van der Waals surface area contributed by atoms with E-state index in [0.717, 1.165) is 31.6 Å². The highest BCUT2D eigenvalue weighted by molar-refractivity contribution is 5.93. The summed E-state index contributed by atoms with van der Waals surface area (Å²) in [5, 5.41) is 10.3. The van der Waals surface area contributed by atoms with Crippen molar-refractivity contribution in [3.63, 3.8) is 0 Å². The zero-order valence-corrected chi connectivity index (χ0v) is 17.6. The lowest BCUT2D eigenvalue weighted by Crippen LogP contribution is -2.41. The van der Waals surface area contributed by atoms with Crippen LogP contribution >= 0.6 is 0 Å². The zero-order valence-electron chi connectivity index (χ0n) is 17.6. The summed E-state index contributed by atoms with van der Waals surface area (Å²) in [4.78, 5) is 15.6. The van der Waals surface area contributed by atoms with Gasteiger partial charge in [-0.1, -0.05) is 0 Å². The predicted molar refractivity (Wildman–Crippen MR) is 113 cm³/mol. The van der Waals surface area contributed by atoms with Crippen molar-refractivity contribution in [2.24, 2.45) is 5.92 Å². The molecule has 8 nitrogen and oxygen atoms in total. The summed E-state index contributed by atoms with van der Waals surface area (Å²) in [5.41, 5.74) is 0.377. The number of alkyl halides is 3. The Labute approximate surface area is 187 Å². The van der Waals surface area contributed by atoms with E-state index in [1.54, 1.807) is 28.9 Å². The molecule has 2 aliphatic rings. The number of halogens is 3. The first-order valence-electron chi connectivity index (χ1n) is 10.7. The molecule has 5 rings (SSSR count). The molecule has 1 saturated heterocycles. The molecule has 2 fully saturated rings. The summed E-state index contributed by atoms with van der Waals surface area (Å²) >= 11 is 0. The molecule has 0 bridgehead atoms. The molecule has 33 heavy (non-hydrogen) atoms. The molecule has 2 N–H and O–H groups in total. The molecule has 0 unspecified atom stereocenters. The minimum absolute atomic E-state index is 0.0334. The second-order valence-electron chi connectivity index (χ2n) is 8.15. The molecule has 0 radical (unpaired) electrons. The van der Waals surface area contributed by atoms with Crippen LogP contribution in [0.15, 0.2) is 36.7 Å². The molecule has 3 aromatic rings. The van der Waals surface area contributed by atoms with E-state index in [9.17, 15) is 18.0 Å². The topological polar surface area (TPSA) is 89.8 Å². The van der Waals surface area contributed by atoms with Crippen LogP contribution in [-0.4, -0.2) is 52.9 Å². The van der Waals surface area contributed by atoms with E-state index in [4.69, 9.17) is 9.47 Å². The first-order valence-corrected chi connectivity index (χ1v) is 10.7. The fraction of sp³-hybridized carbons (Fsp3) is 0.409. The van der Waals surface area contributed by atoms with Crippen molar-refractivity contribution in [3.05, 3.63) is 42.4 Å². The van der Waals surface area contributed by atoms with Gasteiger partial charge in [0.25, 0.3) is 0 Å². The summed E-state index contributed by atoms with van der Waals surface area (Å²) in [7, 11) is 0. The summed E-state index contributed by atoms with van der Waals surface area (Å²) in [6, 6.07) is 6.00. The van der Waals surface area contributed by atoms with E-state index in [-0.39, 0.29) is 35.8 Å². The molecule has 1 amide bonds. The van der Waals surface area contributed by atoms with Gasteiger partial charge in [0.1, 0.15) is 24.2 Å². The standard InChI is InChI=1S/C22H22F3N5O3/c23-22(24,25)19-9-17(18(11-27-19)33-12-16-10-26-4-6-32-16)14-3-5-30-15(7-14)8-20(29-30)28-21(31)13-1-2-13/h3,5,7-9,11,13,16,26H,1-2,4,6,10,12H2,(H,28,29,31)/t16-/m0/s1. The van der Waals surface area contributed by atoms with Crippen molar-refractivity contribution in [1.29, 1.82) is 0 Å². The quantitative estimate of drug-likeness (QED) is 0.586. The average Bonchev–Trinajstić information content (AvgIpc) is 3.58. The maximum absolute atomic E-state index is 13.4. The molecular weight excluding hydrogens is 439 g/mol. The fourth-order valence-corrected chi connectivity index (χ4v) is 3.64. The molecule has 11 heteroatoms. The number of morpholine rings is 1. The first-order chi connectivity index (χ1) is 15.9. The minimum atomic E-state index is -4.59. The number of carbonyl (C=O) groups excluding carboxylic acids is 1. The Morgan fingerprint density at radius 2 is 2.15 bits per heavy atom. The Bertz CT molecular complexity index is 1170. The summed E-state index contributed by atoms with van der Waals surface area (Å²) in [6.45, 7) is 2.07. The van der Waals surface area contributed by atoms with Crippen LogP contribution in [0.3, 0.4) is 0 Å². The third-order valence-electron chi connectivity index (χ3n) is 5.56. The summed E-state index contributed by atoms with van der Waals surface area (Å²) in [5.74, 6) is 0.584. The average molecular weight is 461 g/mol. The largest absolute Gasteiger partial charge is 0.489 e. The number of fused-ring (bicyclic) bond motifs is 1. The number of ether oxygens (including phenoxy) is 2. The number of anilines is 1. The second kappa shape index (κ2) is 8.64. The Morgan fingerprint density at radius 1 is 1.30 bits per heavy atom. The number of nitrogens with one attached hydrogen (secondary N) is 2. The third-order valence-corrected chi connectivity index (χ3v) is 5.56. The number of amides is 1. The zero-order chi connectivity index (χ0) is 23.0. The fourth-order valence-electron chi connectivity index (χ4n) is 3.64. The number of hydrogen-bond acceptors (Lipinski definition) is 6. The minimum Gasteiger partial charge on any atom is -0.489 e. The van der Waals surface area contributed by atoms with Gasteiger partial charge >= 0.3 is 6.18 Å². The van der Waals surface area contributed by atoms with E-state index < -0.39 is 11.9 Å². The Morgan fingerprint density at radius 3 is 2.88 bits per heavy atom. The van der Waals surface area contributed by atoms with Gasteiger partial charge in [-0.2, -0.15) is 18.3 Å². The molecule has 174 valence electrons. The molecule has 1 atom stereocenters. The lowest BCUT2D eigenvalue weighted by atomic mass is 10.1. The SMILES string of the molecule is O=C(Nc1cc2cc(-c3cc(C(F)(F)F)ncc3OC[C@@H]3CNCCO3)ccn2n1)C1CC1. The maximum Gasteiger partial charge on any atom is 0.433 e. The number of carbonyl (C=O) groups is 1. The summed E-state index contributed by atoms with van der Waals surface area (Å²) in [6.07, 6.45) is -0.330. The third kappa shape index (κ3) is 4.93. The number of pyridine rings is 2. The second-order valence-corrected chi connectivity index (χ2v) is 8.15. The lowest BCUT2D eigenvalue weighted by Gasteiger charge is -2.24. The van der Waals surface area contributed by atoms with Gasteiger partial charge in [-0.15, -0.1) is 0 Å². The molecule has 1 aliphatic carbocycles. The Kier molecular flexibility index (Phi) is 5.67. The number of nitrogens with zero attached hydrogens (tertiary/aromatic N) is 3. The molecule has 1 aliphatic heterocycles. The number of aromatic nitrogens is 3. The first kappa shape index (κ1) is 21.7. The highest BCUT2D eigenvalue weighted by atomic mass is 19.4. The van der Waals surface area contributed by atoms with Crippen LogP contribution in [0.5, 0.6) is 5.75 Å². The van der Waals surface area contributed by atoms with Gasteiger partial charge in [-0.25, -0.2) is 9.50 Å². The van der Waals surface area contributed by atoms with E-state index in [2.05, 4.69) is 20.7 Å². The molecular formula is C22H22F3N5O3. The van der Waals surface area contributed by atoms with E-state index in [1.807, 2.05) is 0 Å². The lowest BCUT2D eigenvalue weighted by molar-refractivity contribution is -0.141. The highest BCUT2D eigenvalue weighted by Crippen LogP contribution is 2.36. The monoisotopic (exact) mass is 461 g/mol. The Hall–Kier alpha value is -3.18. The van der Waals surface area contributed by atoms with E-state index >= 15 is 0 Å². The van der Waals surface area contributed by atoms with Gasteiger partial charge in [-0.3, -0.25) is 4.79 Å². The van der Waals surface area contributed by atoms with Crippen molar-refractivity contribution >= 4 is 17.2 Å². The smallest absolute Gasteiger partial charge is 0.433 e.